The van der Waals surface area contributed by atoms with Crippen LogP contribution in [-0.4, -0.2) is 41.9 Å². The molecule has 1 unspecified atom stereocenters. The molecule has 0 spiro atoms. The number of alkyl halides is 1. The van der Waals surface area contributed by atoms with Crippen molar-refractivity contribution >= 4 is 21.8 Å². The van der Waals surface area contributed by atoms with Gasteiger partial charge in [-0.25, -0.2) is 0 Å². The average molecular weight is 278 g/mol. The molecule has 3 nitrogen and oxygen atoms in total. The van der Waals surface area contributed by atoms with Gasteiger partial charge in [-0.15, -0.1) is 0 Å². The molecule has 0 aromatic rings. The minimum absolute atomic E-state index is 0.0687. The molecule has 4 heteroatoms. The molecule has 1 fully saturated rings. The molecule has 15 heavy (non-hydrogen) atoms. The van der Waals surface area contributed by atoms with Crippen LogP contribution in [0.1, 0.15) is 27.2 Å². The van der Waals surface area contributed by atoms with E-state index in [1.54, 1.807) is 0 Å². The SMILES string of the molecule is CC(C)(C)CC(=O)N1CCOC(CBr)C1. The maximum absolute atomic E-state index is 11.9. The lowest BCUT2D eigenvalue weighted by Crippen LogP contribution is -2.47. The summed E-state index contributed by atoms with van der Waals surface area (Å²) in [4.78, 5) is 13.8. The van der Waals surface area contributed by atoms with Crippen LogP contribution in [0.15, 0.2) is 0 Å². The summed E-state index contributed by atoms with van der Waals surface area (Å²) in [7, 11) is 0. The Hall–Kier alpha value is -0.0900. The number of halogens is 1. The predicted molar refractivity (Wildman–Crippen MR) is 64.2 cm³/mol. The molecule has 1 atom stereocenters. The van der Waals surface area contributed by atoms with Crippen LogP contribution < -0.4 is 0 Å². The second-order valence-corrected chi connectivity index (χ2v) is 5.87. The highest BCUT2D eigenvalue weighted by molar-refractivity contribution is 9.09. The first kappa shape index (κ1) is 13.0. The Balaban J connectivity index is 2.45. The fraction of sp³-hybridized carbons (Fsp3) is 0.909. The molecule has 88 valence electrons. The molecule has 0 aromatic carbocycles. The first-order valence-corrected chi connectivity index (χ1v) is 6.50. The molecule has 1 rings (SSSR count). The van der Waals surface area contributed by atoms with Gasteiger partial charge in [-0.3, -0.25) is 4.79 Å². The van der Waals surface area contributed by atoms with Crippen molar-refractivity contribution in [3.63, 3.8) is 0 Å². The quantitative estimate of drug-likeness (QED) is 0.723. The lowest BCUT2D eigenvalue weighted by atomic mass is 9.91. The van der Waals surface area contributed by atoms with Crippen molar-refractivity contribution in [1.82, 2.24) is 4.90 Å². The van der Waals surface area contributed by atoms with E-state index in [2.05, 4.69) is 36.7 Å². The molecule has 0 saturated carbocycles. The number of amides is 1. The van der Waals surface area contributed by atoms with Gasteiger partial charge in [-0.1, -0.05) is 36.7 Å². The van der Waals surface area contributed by atoms with Crippen LogP contribution in [0.3, 0.4) is 0 Å². The summed E-state index contributed by atoms with van der Waals surface area (Å²) in [6.45, 7) is 8.39. The summed E-state index contributed by atoms with van der Waals surface area (Å²) >= 11 is 3.39. The molecule has 1 aliphatic heterocycles. The van der Waals surface area contributed by atoms with Crippen molar-refractivity contribution < 1.29 is 9.53 Å². The van der Waals surface area contributed by atoms with E-state index in [9.17, 15) is 4.79 Å². The topological polar surface area (TPSA) is 29.5 Å². The Morgan fingerprint density at radius 2 is 2.20 bits per heavy atom. The molecule has 0 N–H and O–H groups in total. The maximum atomic E-state index is 11.9. The molecule has 0 aliphatic carbocycles. The van der Waals surface area contributed by atoms with E-state index in [1.807, 2.05) is 4.90 Å². The smallest absolute Gasteiger partial charge is 0.223 e. The summed E-state index contributed by atoms with van der Waals surface area (Å²) in [6, 6.07) is 0. The summed E-state index contributed by atoms with van der Waals surface area (Å²) in [5.74, 6) is 0.247. The number of carbonyl (C=O) groups is 1. The van der Waals surface area contributed by atoms with Crippen molar-refractivity contribution in [3.05, 3.63) is 0 Å². The van der Waals surface area contributed by atoms with E-state index in [0.29, 0.717) is 13.0 Å². The lowest BCUT2D eigenvalue weighted by Gasteiger charge is -2.33. The molecule has 0 aromatic heterocycles. The number of morpholine rings is 1. The molecular formula is C11H20BrNO2. The van der Waals surface area contributed by atoms with Gasteiger partial charge in [0.2, 0.25) is 5.91 Å². The second-order valence-electron chi connectivity index (χ2n) is 5.22. The van der Waals surface area contributed by atoms with E-state index < -0.39 is 0 Å². The first-order chi connectivity index (χ1) is 6.92. The maximum Gasteiger partial charge on any atom is 0.223 e. The van der Waals surface area contributed by atoms with Crippen LogP contribution in [0.5, 0.6) is 0 Å². The fourth-order valence-corrected chi connectivity index (χ4v) is 2.00. The number of hydrogen-bond donors (Lipinski definition) is 0. The van der Waals surface area contributed by atoms with E-state index in [4.69, 9.17) is 4.74 Å². The Morgan fingerprint density at radius 3 is 2.73 bits per heavy atom. The number of hydrogen-bond acceptors (Lipinski definition) is 2. The van der Waals surface area contributed by atoms with Crippen molar-refractivity contribution in [2.45, 2.75) is 33.3 Å². The van der Waals surface area contributed by atoms with Gasteiger partial charge in [-0.2, -0.15) is 0 Å². The van der Waals surface area contributed by atoms with Crippen LogP contribution in [0, 0.1) is 5.41 Å². The van der Waals surface area contributed by atoms with Gasteiger partial charge in [0, 0.05) is 24.8 Å². The van der Waals surface area contributed by atoms with Crippen LogP contribution >= 0.6 is 15.9 Å². The van der Waals surface area contributed by atoms with E-state index in [1.165, 1.54) is 0 Å². The largest absolute Gasteiger partial charge is 0.374 e. The highest BCUT2D eigenvalue weighted by Crippen LogP contribution is 2.20. The normalized spacial score (nSPS) is 22.9. The fourth-order valence-electron chi connectivity index (χ4n) is 1.60. The van der Waals surface area contributed by atoms with Gasteiger partial charge < -0.3 is 9.64 Å². The highest BCUT2D eigenvalue weighted by Gasteiger charge is 2.26. The molecule has 0 radical (unpaired) electrons. The lowest BCUT2D eigenvalue weighted by molar-refractivity contribution is -0.139. The third kappa shape index (κ3) is 4.51. The summed E-state index contributed by atoms with van der Waals surface area (Å²) in [5, 5.41) is 0.798. The Morgan fingerprint density at radius 1 is 1.53 bits per heavy atom. The summed E-state index contributed by atoms with van der Waals surface area (Å²) < 4.78 is 5.50. The molecule has 1 heterocycles. The number of carbonyl (C=O) groups excluding carboxylic acids is 1. The summed E-state index contributed by atoms with van der Waals surface area (Å²) in [5.41, 5.74) is 0.0687. The van der Waals surface area contributed by atoms with Gasteiger partial charge in [0.1, 0.15) is 0 Å². The minimum atomic E-state index is 0.0687. The zero-order chi connectivity index (χ0) is 11.5. The predicted octanol–water partition coefficient (Wildman–Crippen LogP) is 2.04. The molecule has 1 aliphatic rings. The van der Waals surface area contributed by atoms with Gasteiger partial charge in [0.05, 0.1) is 12.7 Å². The first-order valence-electron chi connectivity index (χ1n) is 5.38. The molecular weight excluding hydrogens is 258 g/mol. The second kappa shape index (κ2) is 5.30. The number of ether oxygens (including phenoxy) is 1. The molecule has 1 amide bonds. The van der Waals surface area contributed by atoms with Crippen LogP contribution in [0.25, 0.3) is 0 Å². The van der Waals surface area contributed by atoms with Crippen molar-refractivity contribution in [2.24, 2.45) is 5.41 Å². The van der Waals surface area contributed by atoms with E-state index in [-0.39, 0.29) is 17.4 Å². The highest BCUT2D eigenvalue weighted by atomic mass is 79.9. The molecule has 1 saturated heterocycles. The van der Waals surface area contributed by atoms with Crippen LogP contribution in [-0.2, 0) is 9.53 Å². The zero-order valence-corrected chi connectivity index (χ0v) is 11.3. The number of rotatable bonds is 2. The minimum Gasteiger partial charge on any atom is -0.374 e. The monoisotopic (exact) mass is 277 g/mol. The summed E-state index contributed by atoms with van der Waals surface area (Å²) in [6.07, 6.45) is 0.768. The van der Waals surface area contributed by atoms with Crippen molar-refractivity contribution in [2.75, 3.05) is 25.0 Å². The van der Waals surface area contributed by atoms with Crippen LogP contribution in [0.4, 0.5) is 0 Å². The Bertz CT molecular complexity index is 225. The standard InChI is InChI=1S/C11H20BrNO2/c1-11(2,3)6-10(14)13-4-5-15-9(7-12)8-13/h9H,4-8H2,1-3H3. The Labute approximate surface area is 100 Å². The van der Waals surface area contributed by atoms with Crippen molar-refractivity contribution in [3.8, 4) is 0 Å². The zero-order valence-electron chi connectivity index (χ0n) is 9.75. The Kier molecular flexibility index (Phi) is 4.59. The van der Waals surface area contributed by atoms with Gasteiger partial charge >= 0.3 is 0 Å². The van der Waals surface area contributed by atoms with Gasteiger partial charge in [0.15, 0.2) is 0 Å². The van der Waals surface area contributed by atoms with Gasteiger partial charge in [-0.05, 0) is 5.41 Å². The average Bonchev–Trinajstić information content (AvgIpc) is 2.15. The third-order valence-electron chi connectivity index (χ3n) is 2.35. The van der Waals surface area contributed by atoms with Crippen LogP contribution in [0.2, 0.25) is 0 Å². The number of nitrogens with zero attached hydrogens (tertiary/aromatic N) is 1. The van der Waals surface area contributed by atoms with Gasteiger partial charge in [0.25, 0.3) is 0 Å². The third-order valence-corrected chi connectivity index (χ3v) is 3.07. The van der Waals surface area contributed by atoms with Crippen molar-refractivity contribution in [1.29, 1.82) is 0 Å². The van der Waals surface area contributed by atoms with E-state index >= 15 is 0 Å². The van der Waals surface area contributed by atoms with E-state index in [0.717, 1.165) is 18.4 Å². The molecule has 0 bridgehead atoms.